The third-order valence-electron chi connectivity index (χ3n) is 2.92. The molecule has 7 nitrogen and oxygen atoms in total. The van der Waals surface area contributed by atoms with Crippen molar-refractivity contribution in [3.05, 3.63) is 59.7 Å². The van der Waals surface area contributed by atoms with Crippen LogP contribution >= 0.6 is 0 Å². The van der Waals surface area contributed by atoms with Crippen molar-refractivity contribution in [1.29, 1.82) is 0 Å². The Morgan fingerprint density at radius 1 is 0.920 bits per heavy atom. The van der Waals surface area contributed by atoms with E-state index in [-0.39, 0.29) is 0 Å². The number of ether oxygens (including phenoxy) is 1. The van der Waals surface area contributed by atoms with Crippen molar-refractivity contribution in [2.45, 2.75) is 13.3 Å². The van der Waals surface area contributed by atoms with Crippen LogP contribution < -0.4 is 5.73 Å². The first-order valence-corrected chi connectivity index (χ1v) is 7.35. The summed E-state index contributed by atoms with van der Waals surface area (Å²) < 4.78 is 4.18. The van der Waals surface area contributed by atoms with Gasteiger partial charge in [0.25, 0.3) is 0 Å². The van der Waals surface area contributed by atoms with Crippen molar-refractivity contribution >= 4 is 29.6 Å². The number of primary amides is 1. The van der Waals surface area contributed by atoms with Crippen LogP contribution in [0.3, 0.4) is 0 Å². The van der Waals surface area contributed by atoms with Crippen LogP contribution in [-0.2, 0) is 20.7 Å². The molecule has 2 aromatic rings. The van der Waals surface area contributed by atoms with Gasteiger partial charge in [-0.1, -0.05) is 24.3 Å². The van der Waals surface area contributed by atoms with Crippen LogP contribution in [0.15, 0.2) is 58.5 Å². The summed E-state index contributed by atoms with van der Waals surface area (Å²) in [6.45, 7) is 2.06. The Hall–Kier alpha value is -3.53. The monoisotopic (exact) mass is 339 g/mol. The Morgan fingerprint density at radius 3 is 1.56 bits per heavy atom. The number of benzene rings is 2. The van der Waals surface area contributed by atoms with Crippen LogP contribution in [0, 0.1) is 0 Å². The summed E-state index contributed by atoms with van der Waals surface area (Å²) in [5.74, 6) is 0. The lowest BCUT2D eigenvalue weighted by Gasteiger charge is -2.02. The van der Waals surface area contributed by atoms with Gasteiger partial charge in [0.2, 0.25) is 12.2 Å². The van der Waals surface area contributed by atoms with Gasteiger partial charge in [0.05, 0.1) is 18.0 Å². The van der Waals surface area contributed by atoms with Crippen molar-refractivity contribution in [2.24, 2.45) is 15.7 Å². The van der Waals surface area contributed by atoms with E-state index in [1.807, 2.05) is 24.3 Å². The summed E-state index contributed by atoms with van der Waals surface area (Å²) >= 11 is 0. The molecule has 0 heterocycles. The standard InChI is InChI=1S/C15H10N2O2.C3H7NO2/c18-10-16-14-5-1-12(2-6-14)9-13-3-7-15(8-4-13)17-11-19;1-2-6-3(4)5/h1-8H,9H2;2H2,1H3,(H2,4,5). The van der Waals surface area contributed by atoms with E-state index in [4.69, 9.17) is 0 Å². The van der Waals surface area contributed by atoms with E-state index in [1.54, 1.807) is 31.2 Å². The molecule has 7 heteroatoms. The van der Waals surface area contributed by atoms with Crippen molar-refractivity contribution in [3.63, 3.8) is 0 Å². The first-order valence-electron chi connectivity index (χ1n) is 7.35. The Labute approximate surface area is 144 Å². The van der Waals surface area contributed by atoms with Gasteiger partial charge in [0.15, 0.2) is 0 Å². The lowest BCUT2D eigenvalue weighted by Crippen LogP contribution is -2.11. The average Bonchev–Trinajstić information content (AvgIpc) is 2.59. The zero-order valence-electron chi connectivity index (χ0n) is 13.6. The molecule has 128 valence electrons. The lowest BCUT2D eigenvalue weighted by molar-refractivity contribution is 0.163. The van der Waals surface area contributed by atoms with E-state index in [0.717, 1.165) is 17.5 Å². The average molecular weight is 339 g/mol. The number of nitrogens with two attached hydrogens (primary N) is 1. The van der Waals surface area contributed by atoms with Crippen molar-refractivity contribution in [1.82, 2.24) is 0 Å². The second kappa shape index (κ2) is 11.1. The molecule has 0 aliphatic heterocycles. The molecule has 0 atom stereocenters. The topological polar surface area (TPSA) is 111 Å². The summed E-state index contributed by atoms with van der Waals surface area (Å²) in [7, 11) is 0. The molecule has 0 unspecified atom stereocenters. The third-order valence-corrected chi connectivity index (χ3v) is 2.92. The maximum atomic E-state index is 10.1. The molecule has 2 rings (SSSR count). The molecule has 0 saturated carbocycles. The molecular formula is C18H17N3O4. The van der Waals surface area contributed by atoms with Crippen molar-refractivity contribution < 1.29 is 19.1 Å². The van der Waals surface area contributed by atoms with Crippen LogP contribution in [0.25, 0.3) is 0 Å². The number of carbonyl (C=O) groups excluding carboxylic acids is 3. The van der Waals surface area contributed by atoms with Crippen molar-refractivity contribution in [2.75, 3.05) is 6.61 Å². The van der Waals surface area contributed by atoms with Crippen LogP contribution in [-0.4, -0.2) is 24.9 Å². The minimum atomic E-state index is -0.711. The zero-order chi connectivity index (χ0) is 18.5. The van der Waals surface area contributed by atoms with E-state index >= 15 is 0 Å². The van der Waals surface area contributed by atoms with Crippen LogP contribution in [0.1, 0.15) is 18.1 Å². The second-order valence-electron chi connectivity index (χ2n) is 4.67. The predicted octanol–water partition coefficient (Wildman–Crippen LogP) is 3.31. The van der Waals surface area contributed by atoms with Crippen LogP contribution in [0.5, 0.6) is 0 Å². The minimum Gasteiger partial charge on any atom is -0.450 e. The van der Waals surface area contributed by atoms with Gasteiger partial charge in [-0.15, -0.1) is 0 Å². The maximum absolute atomic E-state index is 10.1. The van der Waals surface area contributed by atoms with E-state index in [0.29, 0.717) is 18.0 Å². The Morgan fingerprint density at radius 2 is 1.32 bits per heavy atom. The summed E-state index contributed by atoms with van der Waals surface area (Å²) in [5, 5.41) is 0. The lowest BCUT2D eigenvalue weighted by atomic mass is 10.0. The molecule has 0 spiro atoms. The molecule has 2 N–H and O–H groups in total. The second-order valence-corrected chi connectivity index (χ2v) is 4.67. The number of rotatable bonds is 5. The number of hydrogen-bond acceptors (Lipinski definition) is 6. The zero-order valence-corrected chi connectivity index (χ0v) is 13.6. The number of hydrogen-bond donors (Lipinski definition) is 1. The fourth-order valence-electron chi connectivity index (χ4n) is 1.86. The summed E-state index contributed by atoms with van der Waals surface area (Å²) in [6, 6.07) is 14.7. The minimum absolute atomic E-state index is 0.356. The molecule has 2 aromatic carbocycles. The number of carbonyl (C=O) groups is 1. The third kappa shape index (κ3) is 8.04. The molecule has 0 fully saturated rings. The highest BCUT2D eigenvalue weighted by atomic mass is 16.5. The van der Waals surface area contributed by atoms with E-state index < -0.39 is 6.09 Å². The fourth-order valence-corrected chi connectivity index (χ4v) is 1.86. The number of amides is 1. The van der Waals surface area contributed by atoms with Gasteiger partial charge in [-0.3, -0.25) is 0 Å². The molecule has 0 aromatic heterocycles. The summed E-state index contributed by atoms with van der Waals surface area (Å²) in [6.07, 6.45) is 3.06. The van der Waals surface area contributed by atoms with E-state index in [2.05, 4.69) is 20.5 Å². The Kier molecular flexibility index (Phi) is 8.65. The molecule has 0 radical (unpaired) electrons. The van der Waals surface area contributed by atoms with Gasteiger partial charge in [0.1, 0.15) is 0 Å². The Bertz CT molecular complexity index is 713. The SMILES string of the molecule is CCOC(N)=O.O=C=Nc1ccc(Cc2ccc(N=C=O)cc2)cc1. The molecule has 0 bridgehead atoms. The quantitative estimate of drug-likeness (QED) is 0.665. The largest absolute Gasteiger partial charge is 0.450 e. The highest BCUT2D eigenvalue weighted by molar-refractivity contribution is 5.64. The highest BCUT2D eigenvalue weighted by Crippen LogP contribution is 2.17. The normalized spacial score (nSPS) is 8.84. The van der Waals surface area contributed by atoms with E-state index in [9.17, 15) is 14.4 Å². The van der Waals surface area contributed by atoms with Crippen LogP contribution in [0.2, 0.25) is 0 Å². The van der Waals surface area contributed by atoms with Gasteiger partial charge in [-0.25, -0.2) is 14.4 Å². The fraction of sp³-hybridized carbons (Fsp3) is 0.167. The molecule has 0 aliphatic carbocycles. The van der Waals surface area contributed by atoms with Gasteiger partial charge in [-0.05, 0) is 48.7 Å². The molecule has 0 saturated heterocycles. The first kappa shape index (κ1) is 19.5. The maximum Gasteiger partial charge on any atom is 0.404 e. The van der Waals surface area contributed by atoms with Crippen LogP contribution in [0.4, 0.5) is 16.2 Å². The first-order chi connectivity index (χ1) is 12.1. The number of nitrogens with zero attached hydrogens (tertiary/aromatic N) is 2. The number of aliphatic imine (C=N–C) groups is 2. The Balaban J connectivity index is 0.000000450. The highest BCUT2D eigenvalue weighted by Gasteiger charge is 1.97. The summed E-state index contributed by atoms with van der Waals surface area (Å²) in [4.78, 5) is 36.9. The summed E-state index contributed by atoms with van der Waals surface area (Å²) in [5.41, 5.74) is 7.94. The number of isocyanates is 2. The predicted molar refractivity (Wildman–Crippen MR) is 92.5 cm³/mol. The molecular weight excluding hydrogens is 322 g/mol. The molecule has 1 amide bonds. The smallest absolute Gasteiger partial charge is 0.404 e. The van der Waals surface area contributed by atoms with Gasteiger partial charge >= 0.3 is 6.09 Å². The molecule has 0 aliphatic rings. The van der Waals surface area contributed by atoms with Crippen molar-refractivity contribution in [3.8, 4) is 0 Å². The van der Waals surface area contributed by atoms with Gasteiger partial charge < -0.3 is 10.5 Å². The molecule has 25 heavy (non-hydrogen) atoms. The van der Waals surface area contributed by atoms with E-state index in [1.165, 1.54) is 12.2 Å². The van der Waals surface area contributed by atoms with Gasteiger partial charge in [-0.2, -0.15) is 9.98 Å². The van der Waals surface area contributed by atoms with Gasteiger partial charge in [0, 0.05) is 0 Å².